The number of hydrogen-bond acceptors (Lipinski definition) is 4. The molecule has 0 radical (unpaired) electrons. The molecule has 3 N–H and O–H groups in total. The van der Waals surface area contributed by atoms with Crippen LogP contribution in [0.3, 0.4) is 0 Å². The van der Waals surface area contributed by atoms with Crippen LogP contribution in [-0.4, -0.2) is 31.2 Å². The molecule has 0 saturated carbocycles. The molecular weight excluding hydrogens is 156 g/mol. The summed E-state index contributed by atoms with van der Waals surface area (Å²) in [6.07, 6.45) is 2.26. The van der Waals surface area contributed by atoms with E-state index in [2.05, 4.69) is 5.32 Å². The number of ether oxygens (including phenoxy) is 1. The molecule has 1 aliphatic rings. The predicted molar refractivity (Wildman–Crippen MR) is 45.6 cm³/mol. The number of carbonyl (C=O) groups is 1. The molecule has 4 nitrogen and oxygen atoms in total. The third kappa shape index (κ3) is 2.79. The summed E-state index contributed by atoms with van der Waals surface area (Å²) in [4.78, 5) is 10.9. The molecule has 12 heavy (non-hydrogen) atoms. The lowest BCUT2D eigenvalue weighted by molar-refractivity contribution is -0.145. The van der Waals surface area contributed by atoms with Crippen LogP contribution in [0, 0.1) is 0 Å². The average Bonchev–Trinajstić information content (AvgIpc) is 2.51. The third-order valence-electron chi connectivity index (χ3n) is 1.96. The number of nitrogens with two attached hydrogens (primary N) is 1. The first-order chi connectivity index (χ1) is 5.70. The molecule has 0 aromatic rings. The van der Waals surface area contributed by atoms with E-state index in [0.717, 1.165) is 13.0 Å². The van der Waals surface area contributed by atoms with Crippen molar-refractivity contribution in [3.63, 3.8) is 0 Å². The van der Waals surface area contributed by atoms with Crippen molar-refractivity contribution in [3.8, 4) is 0 Å². The zero-order valence-corrected chi connectivity index (χ0v) is 7.38. The van der Waals surface area contributed by atoms with Crippen molar-refractivity contribution in [2.45, 2.75) is 31.8 Å². The maximum atomic E-state index is 10.9. The van der Waals surface area contributed by atoms with Gasteiger partial charge in [0.25, 0.3) is 0 Å². The summed E-state index contributed by atoms with van der Waals surface area (Å²) in [5.74, 6) is -0.316. The molecule has 0 spiro atoms. The standard InChI is InChI=1S/C8H16N2O2/c1-6(9)8(11)12-5-7-3-2-4-10-7/h6-7,10H,2-5,9H2,1H3/t6-,7+/m0/s1. The van der Waals surface area contributed by atoms with Gasteiger partial charge in [0.05, 0.1) is 0 Å². The zero-order valence-electron chi connectivity index (χ0n) is 7.38. The first-order valence-electron chi connectivity index (χ1n) is 4.36. The van der Waals surface area contributed by atoms with E-state index in [9.17, 15) is 4.79 Å². The molecule has 1 saturated heterocycles. The molecule has 0 aromatic carbocycles. The van der Waals surface area contributed by atoms with E-state index in [4.69, 9.17) is 10.5 Å². The SMILES string of the molecule is C[C@H](N)C(=O)OC[C@H]1CCCN1. The second-order valence-corrected chi connectivity index (χ2v) is 3.21. The van der Waals surface area contributed by atoms with E-state index in [0.29, 0.717) is 12.6 Å². The van der Waals surface area contributed by atoms with Crippen molar-refractivity contribution in [2.75, 3.05) is 13.2 Å². The van der Waals surface area contributed by atoms with Gasteiger partial charge >= 0.3 is 5.97 Å². The number of esters is 1. The van der Waals surface area contributed by atoms with Crippen LogP contribution in [0.5, 0.6) is 0 Å². The van der Waals surface area contributed by atoms with Crippen molar-refractivity contribution in [1.82, 2.24) is 5.32 Å². The molecule has 0 aliphatic carbocycles. The minimum absolute atomic E-state index is 0.316. The minimum Gasteiger partial charge on any atom is -0.463 e. The molecule has 0 bridgehead atoms. The topological polar surface area (TPSA) is 64.4 Å². The van der Waals surface area contributed by atoms with E-state index in [1.807, 2.05) is 0 Å². The lowest BCUT2D eigenvalue weighted by atomic mass is 10.2. The Morgan fingerprint density at radius 3 is 3.08 bits per heavy atom. The summed E-state index contributed by atoms with van der Waals surface area (Å²) < 4.78 is 4.96. The van der Waals surface area contributed by atoms with Crippen LogP contribution < -0.4 is 11.1 Å². The van der Waals surface area contributed by atoms with E-state index in [-0.39, 0.29) is 5.97 Å². The monoisotopic (exact) mass is 172 g/mol. The highest BCUT2D eigenvalue weighted by Gasteiger charge is 2.17. The molecule has 2 atom stereocenters. The van der Waals surface area contributed by atoms with E-state index in [1.165, 1.54) is 6.42 Å². The highest BCUT2D eigenvalue weighted by atomic mass is 16.5. The lowest BCUT2D eigenvalue weighted by Crippen LogP contribution is -2.34. The molecule has 1 heterocycles. The lowest BCUT2D eigenvalue weighted by Gasteiger charge is -2.11. The Bertz CT molecular complexity index is 153. The van der Waals surface area contributed by atoms with Gasteiger partial charge in [-0.25, -0.2) is 0 Å². The molecule has 1 fully saturated rings. The highest BCUT2D eigenvalue weighted by Crippen LogP contribution is 2.04. The van der Waals surface area contributed by atoms with Gasteiger partial charge in [-0.15, -0.1) is 0 Å². The number of carbonyl (C=O) groups excluding carboxylic acids is 1. The molecule has 1 rings (SSSR count). The fourth-order valence-electron chi connectivity index (χ4n) is 1.21. The first-order valence-corrected chi connectivity index (χ1v) is 4.36. The van der Waals surface area contributed by atoms with Crippen LogP contribution in [0.4, 0.5) is 0 Å². The highest BCUT2D eigenvalue weighted by molar-refractivity contribution is 5.74. The Morgan fingerprint density at radius 1 is 1.83 bits per heavy atom. The molecule has 0 aromatic heterocycles. The second-order valence-electron chi connectivity index (χ2n) is 3.21. The first kappa shape index (κ1) is 9.48. The normalized spacial score (nSPS) is 25.3. The maximum Gasteiger partial charge on any atom is 0.322 e. The molecule has 70 valence electrons. The van der Waals surface area contributed by atoms with Gasteiger partial charge in [0.15, 0.2) is 0 Å². The van der Waals surface area contributed by atoms with E-state index < -0.39 is 6.04 Å². The Hall–Kier alpha value is -0.610. The molecule has 4 heteroatoms. The molecule has 1 aliphatic heterocycles. The van der Waals surface area contributed by atoms with Crippen LogP contribution in [0.1, 0.15) is 19.8 Å². The fourth-order valence-corrected chi connectivity index (χ4v) is 1.21. The number of hydrogen-bond donors (Lipinski definition) is 2. The predicted octanol–water partition coefficient (Wildman–Crippen LogP) is -0.371. The maximum absolute atomic E-state index is 10.9. The number of nitrogens with one attached hydrogen (secondary N) is 1. The third-order valence-corrected chi connectivity index (χ3v) is 1.96. The quantitative estimate of drug-likeness (QED) is 0.570. The van der Waals surface area contributed by atoms with Gasteiger partial charge in [0.1, 0.15) is 12.6 Å². The van der Waals surface area contributed by atoms with Crippen LogP contribution in [0.2, 0.25) is 0 Å². The summed E-state index contributed by atoms with van der Waals surface area (Å²) in [6, 6.07) is -0.167. The van der Waals surface area contributed by atoms with Gasteiger partial charge in [-0.05, 0) is 26.3 Å². The Morgan fingerprint density at radius 2 is 2.58 bits per heavy atom. The van der Waals surface area contributed by atoms with Gasteiger partial charge in [0, 0.05) is 6.04 Å². The minimum atomic E-state index is -0.508. The summed E-state index contributed by atoms with van der Waals surface area (Å²) in [6.45, 7) is 3.12. The molecule has 0 unspecified atom stereocenters. The van der Waals surface area contributed by atoms with Crippen LogP contribution in [0.15, 0.2) is 0 Å². The summed E-state index contributed by atoms with van der Waals surface area (Å²) in [5.41, 5.74) is 5.33. The number of rotatable bonds is 3. The van der Waals surface area contributed by atoms with Crippen LogP contribution in [0.25, 0.3) is 0 Å². The smallest absolute Gasteiger partial charge is 0.322 e. The van der Waals surface area contributed by atoms with Gasteiger partial charge in [-0.2, -0.15) is 0 Å². The fraction of sp³-hybridized carbons (Fsp3) is 0.875. The Labute approximate surface area is 72.5 Å². The second kappa shape index (κ2) is 4.42. The molecular formula is C8H16N2O2. The van der Waals surface area contributed by atoms with Gasteiger partial charge in [-0.1, -0.05) is 0 Å². The summed E-state index contributed by atoms with van der Waals surface area (Å²) in [5, 5.41) is 3.23. The summed E-state index contributed by atoms with van der Waals surface area (Å²) in [7, 11) is 0. The van der Waals surface area contributed by atoms with E-state index in [1.54, 1.807) is 6.92 Å². The van der Waals surface area contributed by atoms with Crippen molar-refractivity contribution in [1.29, 1.82) is 0 Å². The van der Waals surface area contributed by atoms with Gasteiger partial charge in [-0.3, -0.25) is 4.79 Å². The summed E-state index contributed by atoms with van der Waals surface area (Å²) >= 11 is 0. The van der Waals surface area contributed by atoms with Gasteiger partial charge in [0.2, 0.25) is 0 Å². The average molecular weight is 172 g/mol. The van der Waals surface area contributed by atoms with Crippen LogP contribution in [-0.2, 0) is 9.53 Å². The van der Waals surface area contributed by atoms with Crippen molar-refractivity contribution in [2.24, 2.45) is 5.73 Å². The van der Waals surface area contributed by atoms with Gasteiger partial charge < -0.3 is 15.8 Å². The van der Waals surface area contributed by atoms with E-state index >= 15 is 0 Å². The van der Waals surface area contributed by atoms with Crippen molar-refractivity contribution < 1.29 is 9.53 Å². The zero-order chi connectivity index (χ0) is 8.97. The Balaban J connectivity index is 2.12. The Kier molecular flexibility index (Phi) is 3.49. The van der Waals surface area contributed by atoms with Crippen molar-refractivity contribution in [3.05, 3.63) is 0 Å². The van der Waals surface area contributed by atoms with Crippen LogP contribution >= 0.6 is 0 Å². The van der Waals surface area contributed by atoms with Crippen molar-refractivity contribution >= 4 is 5.97 Å². The largest absolute Gasteiger partial charge is 0.463 e. The molecule has 0 amide bonds.